The van der Waals surface area contributed by atoms with E-state index in [1.165, 1.54) is 6.07 Å². The van der Waals surface area contributed by atoms with Gasteiger partial charge in [-0.3, -0.25) is 14.3 Å². The monoisotopic (exact) mass is 468 g/mol. The highest BCUT2D eigenvalue weighted by molar-refractivity contribution is 5.79. The number of amides is 2. The molecule has 0 spiro atoms. The molecule has 0 bridgehead atoms. The number of carbonyl (C=O) groups is 2. The normalized spacial score (nSPS) is 19.4. The molecule has 2 fully saturated rings. The molecule has 0 saturated carbocycles. The van der Waals surface area contributed by atoms with E-state index in [2.05, 4.69) is 23.0 Å². The Morgan fingerprint density at radius 1 is 1.03 bits per heavy atom. The first-order valence-corrected chi connectivity index (χ1v) is 12.7. The van der Waals surface area contributed by atoms with Crippen LogP contribution in [-0.4, -0.2) is 57.1 Å². The molecule has 34 heavy (non-hydrogen) atoms. The predicted octanol–water partition coefficient (Wildman–Crippen LogP) is 4.28. The predicted molar refractivity (Wildman–Crippen MR) is 130 cm³/mol. The Balaban J connectivity index is 1.28. The first-order chi connectivity index (χ1) is 16.4. The molecule has 1 unspecified atom stereocenters. The lowest BCUT2D eigenvalue weighted by Crippen LogP contribution is -2.51. The van der Waals surface area contributed by atoms with Gasteiger partial charge >= 0.3 is 0 Å². The van der Waals surface area contributed by atoms with E-state index < -0.39 is 0 Å². The van der Waals surface area contributed by atoms with Gasteiger partial charge < -0.3 is 9.80 Å². The number of nitrogens with zero attached hydrogens (tertiary/aromatic N) is 4. The van der Waals surface area contributed by atoms with Crippen LogP contribution in [0.2, 0.25) is 0 Å². The van der Waals surface area contributed by atoms with Gasteiger partial charge in [-0.15, -0.1) is 0 Å². The van der Waals surface area contributed by atoms with Gasteiger partial charge in [-0.25, -0.2) is 4.39 Å². The molecule has 184 valence electrons. The number of likely N-dealkylation sites (tertiary alicyclic amines) is 2. The van der Waals surface area contributed by atoms with Crippen molar-refractivity contribution in [3.8, 4) is 0 Å². The van der Waals surface area contributed by atoms with Crippen molar-refractivity contribution in [1.29, 1.82) is 0 Å². The summed E-state index contributed by atoms with van der Waals surface area (Å²) in [5.41, 5.74) is 2.61. The number of hydrogen-bond acceptors (Lipinski definition) is 3. The van der Waals surface area contributed by atoms with Crippen LogP contribution in [0.3, 0.4) is 0 Å². The van der Waals surface area contributed by atoms with Crippen LogP contribution < -0.4 is 0 Å². The lowest BCUT2D eigenvalue weighted by Gasteiger charge is -2.44. The third kappa shape index (κ3) is 5.86. The highest BCUT2D eigenvalue weighted by Gasteiger charge is 2.35. The molecule has 2 saturated heterocycles. The molecule has 7 heteroatoms. The van der Waals surface area contributed by atoms with Gasteiger partial charge in [0.05, 0.1) is 12.1 Å². The topological polar surface area (TPSA) is 58.4 Å². The van der Waals surface area contributed by atoms with Crippen molar-refractivity contribution in [1.82, 2.24) is 19.6 Å². The molecule has 6 nitrogen and oxygen atoms in total. The Morgan fingerprint density at radius 3 is 2.50 bits per heavy atom. The minimum Gasteiger partial charge on any atom is -0.342 e. The van der Waals surface area contributed by atoms with Crippen molar-refractivity contribution < 1.29 is 14.0 Å². The standard InChI is InChI=1S/C27H37FN4O2/c1-20-18-21(2)32(29-20)15-7-11-26(33)31-14-6-5-10-25(31)22-12-16-30(17-13-22)27(34)19-23-8-3-4-9-24(23)28/h3-4,8-9,18,22,25H,5-7,10-17,19H2,1-2H3. The minimum absolute atomic E-state index is 0.00993. The summed E-state index contributed by atoms with van der Waals surface area (Å²) in [4.78, 5) is 29.9. The first-order valence-electron chi connectivity index (χ1n) is 12.7. The molecular weight excluding hydrogens is 431 g/mol. The van der Waals surface area contributed by atoms with E-state index in [1.54, 1.807) is 18.2 Å². The SMILES string of the molecule is Cc1cc(C)n(CCCC(=O)N2CCCCC2C2CCN(C(=O)Cc3ccccc3F)CC2)n1. The maximum Gasteiger partial charge on any atom is 0.227 e. The molecule has 0 N–H and O–H groups in total. The largest absolute Gasteiger partial charge is 0.342 e. The van der Waals surface area contributed by atoms with Crippen LogP contribution in [0.15, 0.2) is 30.3 Å². The van der Waals surface area contributed by atoms with Crippen LogP contribution in [0.5, 0.6) is 0 Å². The highest BCUT2D eigenvalue weighted by atomic mass is 19.1. The summed E-state index contributed by atoms with van der Waals surface area (Å²) in [6, 6.07) is 8.84. The van der Waals surface area contributed by atoms with Crippen LogP contribution in [0, 0.1) is 25.6 Å². The van der Waals surface area contributed by atoms with Gasteiger partial charge in [0.15, 0.2) is 0 Å². The smallest absolute Gasteiger partial charge is 0.227 e. The van der Waals surface area contributed by atoms with Gasteiger partial charge in [-0.05, 0) is 76.0 Å². The summed E-state index contributed by atoms with van der Waals surface area (Å²) >= 11 is 0. The molecule has 4 rings (SSSR count). The van der Waals surface area contributed by atoms with Crippen molar-refractivity contribution >= 4 is 11.8 Å². The summed E-state index contributed by atoms with van der Waals surface area (Å²) in [5.74, 6) is 0.353. The number of benzene rings is 1. The molecule has 1 atom stereocenters. The van der Waals surface area contributed by atoms with Gasteiger partial charge in [0.2, 0.25) is 11.8 Å². The van der Waals surface area contributed by atoms with E-state index in [9.17, 15) is 14.0 Å². The Morgan fingerprint density at radius 2 is 1.79 bits per heavy atom. The fourth-order valence-corrected chi connectivity index (χ4v) is 5.63. The summed E-state index contributed by atoms with van der Waals surface area (Å²) in [6.07, 6.45) is 6.55. The van der Waals surface area contributed by atoms with E-state index in [1.807, 2.05) is 16.5 Å². The van der Waals surface area contributed by atoms with Crippen molar-refractivity contribution in [3.05, 3.63) is 53.1 Å². The fraction of sp³-hybridized carbons (Fsp3) is 0.593. The summed E-state index contributed by atoms with van der Waals surface area (Å²) in [6.45, 7) is 7.03. The van der Waals surface area contributed by atoms with E-state index in [0.717, 1.165) is 63.0 Å². The van der Waals surface area contributed by atoms with E-state index in [-0.39, 0.29) is 30.1 Å². The maximum absolute atomic E-state index is 13.9. The van der Waals surface area contributed by atoms with Crippen LogP contribution in [0.4, 0.5) is 4.39 Å². The Labute approximate surface area is 202 Å². The number of hydrogen-bond donors (Lipinski definition) is 0. The first kappa shape index (κ1) is 24.4. The van der Waals surface area contributed by atoms with Crippen molar-refractivity contribution in [2.75, 3.05) is 19.6 Å². The van der Waals surface area contributed by atoms with Crippen LogP contribution >= 0.6 is 0 Å². The minimum atomic E-state index is -0.319. The van der Waals surface area contributed by atoms with Gasteiger partial charge in [0, 0.05) is 44.3 Å². The zero-order chi connectivity index (χ0) is 24.1. The van der Waals surface area contributed by atoms with Gasteiger partial charge in [0.25, 0.3) is 0 Å². The third-order valence-corrected chi connectivity index (χ3v) is 7.47. The molecule has 1 aromatic heterocycles. The molecule has 2 aliphatic heterocycles. The summed E-state index contributed by atoms with van der Waals surface area (Å²) < 4.78 is 15.9. The number of carbonyl (C=O) groups excluding carboxylic acids is 2. The van der Waals surface area contributed by atoms with Gasteiger partial charge in [-0.1, -0.05) is 18.2 Å². The second-order valence-electron chi connectivity index (χ2n) is 9.89. The molecule has 3 heterocycles. The van der Waals surface area contributed by atoms with Gasteiger partial charge in [-0.2, -0.15) is 5.10 Å². The van der Waals surface area contributed by atoms with Gasteiger partial charge in [0.1, 0.15) is 5.82 Å². The number of piperidine rings is 2. The lowest BCUT2D eigenvalue weighted by molar-refractivity contribution is -0.139. The summed E-state index contributed by atoms with van der Waals surface area (Å²) in [5, 5.41) is 4.50. The average Bonchev–Trinajstić information content (AvgIpc) is 3.17. The van der Waals surface area contributed by atoms with Crippen molar-refractivity contribution in [2.45, 2.75) is 77.8 Å². The quantitative estimate of drug-likeness (QED) is 0.609. The number of aromatic nitrogens is 2. The zero-order valence-electron chi connectivity index (χ0n) is 20.5. The number of halogens is 1. The second-order valence-corrected chi connectivity index (χ2v) is 9.89. The van der Waals surface area contributed by atoms with Crippen LogP contribution in [-0.2, 0) is 22.6 Å². The Hall–Kier alpha value is -2.70. The highest BCUT2D eigenvalue weighted by Crippen LogP contribution is 2.31. The molecule has 1 aromatic carbocycles. The second kappa shape index (κ2) is 11.2. The van der Waals surface area contributed by atoms with E-state index in [4.69, 9.17) is 0 Å². The van der Waals surface area contributed by atoms with E-state index in [0.29, 0.717) is 31.0 Å². The zero-order valence-corrected chi connectivity index (χ0v) is 20.5. The number of aryl methyl sites for hydroxylation is 3. The molecule has 2 aliphatic rings. The lowest BCUT2D eigenvalue weighted by atomic mass is 9.83. The number of rotatable bonds is 7. The Kier molecular flexibility index (Phi) is 8.01. The molecule has 0 aliphatic carbocycles. The van der Waals surface area contributed by atoms with Crippen LogP contribution in [0.1, 0.15) is 61.9 Å². The summed E-state index contributed by atoms with van der Waals surface area (Å²) in [7, 11) is 0. The molecule has 2 amide bonds. The molecule has 2 aromatic rings. The Bertz CT molecular complexity index is 996. The average molecular weight is 469 g/mol. The van der Waals surface area contributed by atoms with Crippen molar-refractivity contribution in [3.63, 3.8) is 0 Å². The third-order valence-electron chi connectivity index (χ3n) is 7.47. The van der Waals surface area contributed by atoms with Crippen molar-refractivity contribution in [2.24, 2.45) is 5.92 Å². The fourth-order valence-electron chi connectivity index (χ4n) is 5.63. The molecular formula is C27H37FN4O2. The maximum atomic E-state index is 13.9. The molecule has 0 radical (unpaired) electrons. The van der Waals surface area contributed by atoms with E-state index >= 15 is 0 Å². The van der Waals surface area contributed by atoms with Crippen LogP contribution in [0.25, 0.3) is 0 Å².